The average Bonchev–Trinajstić information content (AvgIpc) is 3.14. The molecule has 1 saturated heterocycles. The molecule has 1 aliphatic rings. The number of urea groups is 1. The largest absolute Gasteiger partial charge is 0.387 e. The Morgan fingerprint density at radius 2 is 2.12 bits per heavy atom. The van der Waals surface area contributed by atoms with E-state index in [1.807, 2.05) is 17.5 Å². The number of amides is 2. The van der Waals surface area contributed by atoms with Crippen molar-refractivity contribution in [3.05, 3.63) is 58.0 Å². The first-order valence-corrected chi connectivity index (χ1v) is 9.00. The first-order chi connectivity index (χ1) is 11.6. The Balaban J connectivity index is 1.46. The number of nitrogens with zero attached hydrogens (tertiary/aromatic N) is 1. The molecule has 0 aliphatic carbocycles. The third kappa shape index (κ3) is 4.13. The number of thiophene rings is 1. The number of benzene rings is 1. The van der Waals surface area contributed by atoms with E-state index >= 15 is 0 Å². The van der Waals surface area contributed by atoms with E-state index in [0.29, 0.717) is 19.6 Å². The minimum absolute atomic E-state index is 0.136. The van der Waals surface area contributed by atoms with Crippen molar-refractivity contribution in [3.63, 3.8) is 0 Å². The van der Waals surface area contributed by atoms with Gasteiger partial charge in [-0.25, -0.2) is 9.18 Å². The van der Waals surface area contributed by atoms with Gasteiger partial charge in [0.15, 0.2) is 0 Å². The summed E-state index contributed by atoms with van der Waals surface area (Å²) in [6, 6.07) is 9.98. The summed E-state index contributed by atoms with van der Waals surface area (Å²) in [5.74, 6) is -0.110. The smallest absolute Gasteiger partial charge is 0.317 e. The van der Waals surface area contributed by atoms with Gasteiger partial charge < -0.3 is 15.3 Å². The highest BCUT2D eigenvalue weighted by Crippen LogP contribution is 2.32. The van der Waals surface area contributed by atoms with Crippen molar-refractivity contribution in [2.45, 2.75) is 25.5 Å². The van der Waals surface area contributed by atoms with Gasteiger partial charge in [0.1, 0.15) is 5.82 Å². The van der Waals surface area contributed by atoms with Crippen LogP contribution in [0, 0.1) is 11.7 Å². The van der Waals surface area contributed by atoms with E-state index in [-0.39, 0.29) is 17.8 Å². The third-order valence-corrected chi connectivity index (χ3v) is 5.38. The Bertz CT molecular complexity index is 669. The van der Waals surface area contributed by atoms with E-state index in [1.54, 1.807) is 28.4 Å². The molecular weight excluding hydrogens is 327 g/mol. The lowest BCUT2D eigenvalue weighted by atomic mass is 9.90. The monoisotopic (exact) mass is 348 g/mol. The molecule has 1 aromatic carbocycles. The molecule has 0 bridgehead atoms. The van der Waals surface area contributed by atoms with Crippen molar-refractivity contribution < 1.29 is 14.3 Å². The van der Waals surface area contributed by atoms with Gasteiger partial charge >= 0.3 is 6.03 Å². The van der Waals surface area contributed by atoms with Crippen LogP contribution in [0.4, 0.5) is 9.18 Å². The van der Waals surface area contributed by atoms with Crippen LogP contribution in [0.15, 0.2) is 41.8 Å². The van der Waals surface area contributed by atoms with Crippen LogP contribution in [0.2, 0.25) is 0 Å². The highest BCUT2D eigenvalue weighted by Gasteiger charge is 2.28. The Labute approximate surface area is 144 Å². The van der Waals surface area contributed by atoms with Crippen molar-refractivity contribution in [2.75, 3.05) is 13.1 Å². The highest BCUT2D eigenvalue weighted by molar-refractivity contribution is 7.10. The lowest BCUT2D eigenvalue weighted by molar-refractivity contribution is 0.0689. The van der Waals surface area contributed by atoms with Crippen LogP contribution in [-0.2, 0) is 6.54 Å². The topological polar surface area (TPSA) is 52.6 Å². The van der Waals surface area contributed by atoms with E-state index in [1.165, 1.54) is 12.1 Å². The zero-order valence-corrected chi connectivity index (χ0v) is 14.1. The summed E-state index contributed by atoms with van der Waals surface area (Å²) < 4.78 is 13.1. The van der Waals surface area contributed by atoms with Gasteiger partial charge in [0, 0.05) is 24.5 Å². The predicted octanol–water partition coefficient (Wildman–Crippen LogP) is 3.54. The lowest BCUT2D eigenvalue weighted by Crippen LogP contribution is -2.44. The number of rotatable bonds is 4. The van der Waals surface area contributed by atoms with E-state index in [9.17, 15) is 14.3 Å². The molecule has 1 aliphatic heterocycles. The van der Waals surface area contributed by atoms with Crippen LogP contribution < -0.4 is 5.32 Å². The van der Waals surface area contributed by atoms with E-state index in [0.717, 1.165) is 23.3 Å². The maximum absolute atomic E-state index is 13.1. The second-order valence-electron chi connectivity index (χ2n) is 6.07. The molecule has 0 saturated carbocycles. The van der Waals surface area contributed by atoms with Crippen molar-refractivity contribution in [1.82, 2.24) is 10.2 Å². The van der Waals surface area contributed by atoms with Crippen LogP contribution in [0.5, 0.6) is 0 Å². The van der Waals surface area contributed by atoms with Gasteiger partial charge in [-0.1, -0.05) is 18.2 Å². The van der Waals surface area contributed by atoms with E-state index < -0.39 is 6.10 Å². The molecule has 1 unspecified atom stereocenters. The van der Waals surface area contributed by atoms with Crippen LogP contribution in [-0.4, -0.2) is 29.1 Å². The van der Waals surface area contributed by atoms with Gasteiger partial charge in [-0.15, -0.1) is 11.3 Å². The van der Waals surface area contributed by atoms with Gasteiger partial charge in [-0.3, -0.25) is 0 Å². The number of nitrogens with one attached hydrogen (secondary N) is 1. The summed E-state index contributed by atoms with van der Waals surface area (Å²) >= 11 is 1.57. The zero-order chi connectivity index (χ0) is 16.9. The molecule has 4 nitrogen and oxygen atoms in total. The van der Waals surface area contributed by atoms with E-state index in [4.69, 9.17) is 0 Å². The molecular formula is C18H21FN2O2S. The van der Waals surface area contributed by atoms with Crippen LogP contribution in [0.25, 0.3) is 0 Å². The molecule has 24 heavy (non-hydrogen) atoms. The summed E-state index contributed by atoms with van der Waals surface area (Å²) in [5.41, 5.74) is 0.742. The molecule has 2 amide bonds. The molecule has 1 fully saturated rings. The maximum atomic E-state index is 13.1. The molecule has 0 spiro atoms. The normalized spacial score (nSPS) is 16.8. The summed E-state index contributed by atoms with van der Waals surface area (Å²) in [6.07, 6.45) is 1.13. The van der Waals surface area contributed by atoms with Gasteiger partial charge in [-0.05, 0) is 47.9 Å². The standard InChI is InChI=1S/C18H21FN2O2S/c19-15-4-1-3-13(11-15)12-20-18(23)21-8-6-14(7-9-21)17(22)16-5-2-10-24-16/h1-5,10-11,14,17,22H,6-9,12H2,(H,20,23). The van der Waals surface area contributed by atoms with Crippen LogP contribution in [0.3, 0.4) is 0 Å². The first kappa shape index (κ1) is 16.9. The van der Waals surface area contributed by atoms with Gasteiger partial charge in [0.2, 0.25) is 0 Å². The fourth-order valence-corrected chi connectivity index (χ4v) is 3.85. The summed E-state index contributed by atoms with van der Waals surface area (Å²) in [6.45, 7) is 1.57. The molecule has 6 heteroatoms. The van der Waals surface area contributed by atoms with Crippen LogP contribution in [0.1, 0.15) is 29.4 Å². The molecule has 0 radical (unpaired) electrons. The zero-order valence-electron chi connectivity index (χ0n) is 13.3. The minimum atomic E-state index is -0.442. The Hall–Kier alpha value is -1.92. The van der Waals surface area contributed by atoms with E-state index in [2.05, 4.69) is 5.32 Å². The second kappa shape index (κ2) is 7.77. The summed E-state index contributed by atoms with van der Waals surface area (Å²) in [4.78, 5) is 15.0. The Morgan fingerprint density at radius 1 is 1.33 bits per heavy atom. The quantitative estimate of drug-likeness (QED) is 0.888. The third-order valence-electron chi connectivity index (χ3n) is 4.44. The molecule has 1 aromatic heterocycles. The van der Waals surface area contributed by atoms with Crippen LogP contribution >= 0.6 is 11.3 Å². The number of likely N-dealkylation sites (tertiary alicyclic amines) is 1. The maximum Gasteiger partial charge on any atom is 0.317 e. The fraction of sp³-hybridized carbons (Fsp3) is 0.389. The highest BCUT2D eigenvalue weighted by atomic mass is 32.1. The number of hydrogen-bond acceptors (Lipinski definition) is 3. The number of aliphatic hydroxyl groups is 1. The second-order valence-corrected chi connectivity index (χ2v) is 7.05. The SMILES string of the molecule is O=C(NCc1cccc(F)c1)N1CCC(C(O)c2cccs2)CC1. The van der Waals surface area contributed by atoms with Crippen molar-refractivity contribution >= 4 is 17.4 Å². The minimum Gasteiger partial charge on any atom is -0.387 e. The van der Waals surface area contributed by atoms with Gasteiger partial charge in [-0.2, -0.15) is 0 Å². The number of carbonyl (C=O) groups is 1. The number of carbonyl (C=O) groups excluding carboxylic acids is 1. The Kier molecular flexibility index (Phi) is 5.48. The number of aliphatic hydroxyl groups excluding tert-OH is 1. The van der Waals surface area contributed by atoms with Crippen molar-refractivity contribution in [3.8, 4) is 0 Å². The number of hydrogen-bond donors (Lipinski definition) is 2. The number of piperidine rings is 1. The molecule has 3 rings (SSSR count). The van der Waals surface area contributed by atoms with Crippen molar-refractivity contribution in [1.29, 1.82) is 0 Å². The van der Waals surface area contributed by atoms with Crippen molar-refractivity contribution in [2.24, 2.45) is 5.92 Å². The average molecular weight is 348 g/mol. The lowest BCUT2D eigenvalue weighted by Gasteiger charge is -2.34. The Morgan fingerprint density at radius 3 is 2.79 bits per heavy atom. The van der Waals surface area contributed by atoms with Gasteiger partial charge in [0.05, 0.1) is 6.10 Å². The summed E-state index contributed by atoms with van der Waals surface area (Å²) in [7, 11) is 0. The molecule has 2 aromatic rings. The number of halogens is 1. The first-order valence-electron chi connectivity index (χ1n) is 8.12. The molecule has 1 atom stereocenters. The predicted molar refractivity (Wildman–Crippen MR) is 92.2 cm³/mol. The van der Waals surface area contributed by atoms with Gasteiger partial charge in [0.25, 0.3) is 0 Å². The molecule has 2 heterocycles. The molecule has 128 valence electrons. The molecule has 2 N–H and O–H groups in total. The summed E-state index contributed by atoms with van der Waals surface area (Å²) in [5, 5.41) is 15.2. The fourth-order valence-electron chi connectivity index (χ4n) is 3.05.